The monoisotopic (exact) mass is 241 g/mol. The molecule has 0 aromatic carbocycles. The number of likely N-dealkylation sites (tertiary alicyclic amines) is 1. The van der Waals surface area contributed by atoms with Crippen molar-refractivity contribution in [3.05, 3.63) is 0 Å². The lowest BCUT2D eigenvalue weighted by molar-refractivity contribution is 0.0565. The molecule has 4 heteroatoms. The Morgan fingerprint density at radius 2 is 1.88 bits per heavy atom. The Hall–Kier alpha value is -0.160. The molecule has 1 heterocycles. The molecule has 3 N–H and O–H groups in total. The van der Waals surface area contributed by atoms with E-state index in [4.69, 9.17) is 5.73 Å². The highest BCUT2D eigenvalue weighted by molar-refractivity contribution is 4.94. The van der Waals surface area contributed by atoms with Gasteiger partial charge in [0.2, 0.25) is 0 Å². The molecular weight excluding hydrogens is 214 g/mol. The molecule has 0 radical (unpaired) electrons. The van der Waals surface area contributed by atoms with E-state index in [0.717, 1.165) is 13.1 Å². The van der Waals surface area contributed by atoms with Gasteiger partial charge in [-0.25, -0.2) is 0 Å². The summed E-state index contributed by atoms with van der Waals surface area (Å²) in [5, 5.41) is 9.59. The van der Waals surface area contributed by atoms with Crippen molar-refractivity contribution < 1.29 is 5.11 Å². The summed E-state index contributed by atoms with van der Waals surface area (Å²) in [6.45, 7) is 2.51. The van der Waals surface area contributed by atoms with Gasteiger partial charge in [-0.15, -0.1) is 0 Å². The Kier molecular flexibility index (Phi) is 4.42. The second-order valence-corrected chi connectivity index (χ2v) is 5.86. The summed E-state index contributed by atoms with van der Waals surface area (Å²) in [5.41, 5.74) is 6.26. The van der Waals surface area contributed by atoms with Gasteiger partial charge in [-0.1, -0.05) is 0 Å². The van der Waals surface area contributed by atoms with Gasteiger partial charge in [0.1, 0.15) is 0 Å². The SMILES string of the molecule is CN1CCC(N(C)C(CO)C(N)C2CC2)CC1. The molecule has 2 fully saturated rings. The van der Waals surface area contributed by atoms with Crippen LogP contribution in [-0.4, -0.2) is 66.8 Å². The predicted molar refractivity (Wildman–Crippen MR) is 69.9 cm³/mol. The zero-order chi connectivity index (χ0) is 12.4. The molecule has 1 saturated heterocycles. The molecule has 100 valence electrons. The number of likely N-dealkylation sites (N-methyl/N-ethyl adjacent to an activating group) is 1. The van der Waals surface area contributed by atoms with Crippen LogP contribution in [-0.2, 0) is 0 Å². The second kappa shape index (κ2) is 5.65. The summed E-state index contributed by atoms with van der Waals surface area (Å²) >= 11 is 0. The molecule has 0 amide bonds. The lowest BCUT2D eigenvalue weighted by Crippen LogP contribution is -2.55. The van der Waals surface area contributed by atoms with Gasteiger partial charge in [0.15, 0.2) is 0 Å². The van der Waals surface area contributed by atoms with Crippen LogP contribution in [0.3, 0.4) is 0 Å². The Balaban J connectivity index is 1.89. The van der Waals surface area contributed by atoms with E-state index in [0.29, 0.717) is 12.0 Å². The van der Waals surface area contributed by atoms with Gasteiger partial charge in [-0.05, 0) is 58.8 Å². The third kappa shape index (κ3) is 3.19. The van der Waals surface area contributed by atoms with Crippen molar-refractivity contribution >= 4 is 0 Å². The Bertz CT molecular complexity index is 237. The van der Waals surface area contributed by atoms with Gasteiger partial charge in [-0.2, -0.15) is 0 Å². The fourth-order valence-electron chi connectivity index (χ4n) is 2.99. The number of nitrogens with zero attached hydrogens (tertiary/aromatic N) is 2. The first-order valence-electron chi connectivity index (χ1n) is 6.90. The first kappa shape index (κ1) is 13.3. The third-order valence-electron chi connectivity index (χ3n) is 4.58. The normalized spacial score (nSPS) is 27.4. The van der Waals surface area contributed by atoms with Crippen molar-refractivity contribution in [2.24, 2.45) is 11.7 Å². The summed E-state index contributed by atoms with van der Waals surface area (Å²) in [7, 11) is 4.31. The number of hydrogen-bond donors (Lipinski definition) is 2. The lowest BCUT2D eigenvalue weighted by Gasteiger charge is -2.41. The highest BCUT2D eigenvalue weighted by atomic mass is 16.3. The second-order valence-electron chi connectivity index (χ2n) is 5.86. The summed E-state index contributed by atoms with van der Waals surface area (Å²) in [6.07, 6.45) is 4.89. The molecule has 0 aromatic heterocycles. The Morgan fingerprint density at radius 3 is 2.35 bits per heavy atom. The number of nitrogens with two attached hydrogens (primary N) is 1. The summed E-state index contributed by atoms with van der Waals surface area (Å²) < 4.78 is 0. The van der Waals surface area contributed by atoms with Gasteiger partial charge in [0.05, 0.1) is 6.61 Å². The molecule has 2 rings (SSSR count). The number of aliphatic hydroxyl groups is 1. The molecule has 2 unspecified atom stereocenters. The third-order valence-corrected chi connectivity index (χ3v) is 4.58. The number of aliphatic hydroxyl groups excluding tert-OH is 1. The van der Waals surface area contributed by atoms with Crippen LogP contribution in [0.5, 0.6) is 0 Å². The molecule has 4 nitrogen and oxygen atoms in total. The van der Waals surface area contributed by atoms with Gasteiger partial charge in [-0.3, -0.25) is 4.90 Å². The maximum atomic E-state index is 9.59. The first-order valence-corrected chi connectivity index (χ1v) is 6.90. The van der Waals surface area contributed by atoms with Crippen molar-refractivity contribution in [1.82, 2.24) is 9.80 Å². The van der Waals surface area contributed by atoms with E-state index in [1.165, 1.54) is 25.7 Å². The van der Waals surface area contributed by atoms with Gasteiger partial charge in [0.25, 0.3) is 0 Å². The molecular formula is C13H27N3O. The zero-order valence-electron chi connectivity index (χ0n) is 11.2. The van der Waals surface area contributed by atoms with Gasteiger partial charge in [0, 0.05) is 18.1 Å². The quantitative estimate of drug-likeness (QED) is 0.717. The fourth-order valence-corrected chi connectivity index (χ4v) is 2.99. The maximum absolute atomic E-state index is 9.59. The van der Waals surface area contributed by atoms with E-state index in [2.05, 4.69) is 23.9 Å². The molecule has 17 heavy (non-hydrogen) atoms. The summed E-state index contributed by atoms with van der Waals surface area (Å²) in [4.78, 5) is 4.72. The predicted octanol–water partition coefficient (Wildman–Crippen LogP) is 0.111. The smallest absolute Gasteiger partial charge is 0.0602 e. The summed E-state index contributed by atoms with van der Waals surface area (Å²) in [5.74, 6) is 0.654. The van der Waals surface area contributed by atoms with Crippen molar-refractivity contribution in [2.45, 2.75) is 43.8 Å². The molecule has 1 aliphatic carbocycles. The highest BCUT2D eigenvalue weighted by Crippen LogP contribution is 2.34. The lowest BCUT2D eigenvalue weighted by atomic mass is 9.97. The molecule has 0 aromatic rings. The van der Waals surface area contributed by atoms with E-state index in [1.807, 2.05) is 0 Å². The van der Waals surface area contributed by atoms with E-state index in [-0.39, 0.29) is 18.7 Å². The largest absolute Gasteiger partial charge is 0.395 e. The highest BCUT2D eigenvalue weighted by Gasteiger charge is 2.37. The van der Waals surface area contributed by atoms with Gasteiger partial charge >= 0.3 is 0 Å². The molecule has 0 bridgehead atoms. The van der Waals surface area contributed by atoms with E-state index in [9.17, 15) is 5.11 Å². The minimum atomic E-state index is 0.149. The molecule has 2 aliphatic rings. The van der Waals surface area contributed by atoms with Crippen LogP contribution in [0.2, 0.25) is 0 Å². The van der Waals surface area contributed by atoms with Gasteiger partial charge < -0.3 is 15.7 Å². The molecule has 2 atom stereocenters. The maximum Gasteiger partial charge on any atom is 0.0602 e. The average molecular weight is 241 g/mol. The van der Waals surface area contributed by atoms with Crippen LogP contribution in [0, 0.1) is 5.92 Å². The van der Waals surface area contributed by atoms with E-state index >= 15 is 0 Å². The minimum Gasteiger partial charge on any atom is -0.395 e. The standard InChI is InChI=1S/C13H27N3O/c1-15-7-5-11(6-8-15)16(2)12(9-17)13(14)10-3-4-10/h10-13,17H,3-9,14H2,1-2H3. The number of piperidine rings is 1. The van der Waals surface area contributed by atoms with Crippen LogP contribution >= 0.6 is 0 Å². The summed E-state index contributed by atoms with van der Waals surface area (Å²) in [6, 6.07) is 0.897. The van der Waals surface area contributed by atoms with Crippen molar-refractivity contribution in [2.75, 3.05) is 33.8 Å². The van der Waals surface area contributed by atoms with Crippen LogP contribution in [0.15, 0.2) is 0 Å². The van der Waals surface area contributed by atoms with E-state index in [1.54, 1.807) is 0 Å². The van der Waals surface area contributed by atoms with Crippen LogP contribution < -0.4 is 5.73 Å². The van der Waals surface area contributed by atoms with Crippen molar-refractivity contribution in [1.29, 1.82) is 0 Å². The Morgan fingerprint density at radius 1 is 1.29 bits per heavy atom. The first-order chi connectivity index (χ1) is 8.13. The topological polar surface area (TPSA) is 52.7 Å². The molecule has 0 spiro atoms. The van der Waals surface area contributed by atoms with Crippen LogP contribution in [0.1, 0.15) is 25.7 Å². The number of hydrogen-bond acceptors (Lipinski definition) is 4. The number of rotatable bonds is 5. The molecule has 1 saturated carbocycles. The van der Waals surface area contributed by atoms with Crippen molar-refractivity contribution in [3.8, 4) is 0 Å². The zero-order valence-corrected chi connectivity index (χ0v) is 11.2. The minimum absolute atomic E-state index is 0.149. The average Bonchev–Trinajstić information content (AvgIpc) is 3.14. The fraction of sp³-hybridized carbons (Fsp3) is 1.00. The Labute approximate surface area is 105 Å². The van der Waals surface area contributed by atoms with Crippen molar-refractivity contribution in [3.63, 3.8) is 0 Å². The van der Waals surface area contributed by atoms with Crippen LogP contribution in [0.25, 0.3) is 0 Å². The molecule has 1 aliphatic heterocycles. The van der Waals surface area contributed by atoms with Crippen LogP contribution in [0.4, 0.5) is 0 Å². The van der Waals surface area contributed by atoms with E-state index < -0.39 is 0 Å².